The molecule has 1 heterocycles. The molecule has 6 nitrogen and oxygen atoms in total. The van der Waals surface area contributed by atoms with Gasteiger partial charge in [0.15, 0.2) is 0 Å². The Morgan fingerprint density at radius 1 is 1.03 bits per heavy atom. The van der Waals surface area contributed by atoms with Crippen LogP contribution in [-0.4, -0.2) is 48.0 Å². The minimum atomic E-state index is -5.08. The maximum atomic E-state index is 10.6. The lowest BCUT2D eigenvalue weighted by Crippen LogP contribution is -2.21. The highest BCUT2D eigenvalue weighted by atomic mass is 32.1. The van der Waals surface area contributed by atoms with Crippen LogP contribution in [-0.2, 0) is 22.4 Å². The van der Waals surface area contributed by atoms with E-state index in [0.29, 0.717) is 13.2 Å². The normalized spacial score (nSPS) is 10.8. The maximum absolute atomic E-state index is 10.6. The second kappa shape index (κ2) is 13.6. The number of carboxylic acids is 2. The minimum absolute atomic E-state index is 0.178. The van der Waals surface area contributed by atoms with E-state index in [9.17, 15) is 18.0 Å². The van der Waals surface area contributed by atoms with Gasteiger partial charge in [-0.25, -0.2) is 4.79 Å². The van der Waals surface area contributed by atoms with Gasteiger partial charge in [-0.2, -0.15) is 13.2 Å². The quantitative estimate of drug-likeness (QED) is 0.451. The van der Waals surface area contributed by atoms with Gasteiger partial charge in [0.05, 0.1) is 13.0 Å². The van der Waals surface area contributed by atoms with Crippen LogP contribution in [0.15, 0.2) is 41.8 Å². The van der Waals surface area contributed by atoms with Crippen LogP contribution in [0.1, 0.15) is 23.3 Å². The number of nitrogens with one attached hydrogen (secondary N) is 1. The first-order valence-electron chi connectivity index (χ1n) is 9.15. The van der Waals surface area contributed by atoms with E-state index in [0.717, 1.165) is 31.6 Å². The van der Waals surface area contributed by atoms with Crippen molar-refractivity contribution in [1.82, 2.24) is 5.32 Å². The van der Waals surface area contributed by atoms with E-state index in [2.05, 4.69) is 35.0 Å². The number of aryl methyl sites for hydroxylation is 1. The second-order valence-electron chi connectivity index (χ2n) is 6.12. The Balaban J connectivity index is 0.000000553. The highest BCUT2D eigenvalue weighted by molar-refractivity contribution is 7.09. The zero-order valence-corrected chi connectivity index (χ0v) is 17.0. The first-order chi connectivity index (χ1) is 14.2. The topological polar surface area (TPSA) is 95.9 Å². The van der Waals surface area contributed by atoms with Gasteiger partial charge in [0, 0.05) is 17.8 Å². The summed E-state index contributed by atoms with van der Waals surface area (Å²) < 4.78 is 37.5. The first kappa shape index (κ1) is 25.4. The molecule has 0 aliphatic rings. The summed E-state index contributed by atoms with van der Waals surface area (Å²) in [6, 6.07) is 12.4. The lowest BCUT2D eigenvalue weighted by Gasteiger charge is -2.07. The SMILES string of the molecule is O=C(O)C(F)(F)F.O=C(O)CCNCCCc1ccc(OCCc2cccs2)cc1. The molecule has 1 aromatic heterocycles. The van der Waals surface area contributed by atoms with Crippen molar-refractivity contribution < 1.29 is 37.7 Å². The number of thiophene rings is 1. The van der Waals surface area contributed by atoms with Gasteiger partial charge >= 0.3 is 18.1 Å². The third kappa shape index (κ3) is 12.1. The predicted molar refractivity (Wildman–Crippen MR) is 107 cm³/mol. The summed E-state index contributed by atoms with van der Waals surface area (Å²) >= 11 is 1.76. The molecular weight excluding hydrogens is 423 g/mol. The molecule has 0 saturated heterocycles. The average Bonchev–Trinajstić information content (AvgIpc) is 3.19. The molecule has 0 amide bonds. The number of hydrogen-bond donors (Lipinski definition) is 3. The van der Waals surface area contributed by atoms with E-state index in [1.807, 2.05) is 12.1 Å². The zero-order valence-electron chi connectivity index (χ0n) is 16.2. The monoisotopic (exact) mass is 447 g/mol. The number of rotatable bonds is 11. The molecule has 0 saturated carbocycles. The van der Waals surface area contributed by atoms with Crippen LogP contribution in [0.25, 0.3) is 0 Å². The number of benzene rings is 1. The maximum Gasteiger partial charge on any atom is 0.490 e. The van der Waals surface area contributed by atoms with Gasteiger partial charge in [0.1, 0.15) is 5.75 Å². The molecule has 0 atom stereocenters. The summed E-state index contributed by atoms with van der Waals surface area (Å²) in [4.78, 5) is 20.6. The van der Waals surface area contributed by atoms with E-state index in [-0.39, 0.29) is 6.42 Å². The summed E-state index contributed by atoms with van der Waals surface area (Å²) in [6.07, 6.45) is -1.98. The molecular formula is C20H24F3NO5S. The number of ether oxygens (including phenoxy) is 1. The van der Waals surface area contributed by atoms with Gasteiger partial charge in [0.2, 0.25) is 0 Å². The molecule has 2 rings (SSSR count). The lowest BCUT2D eigenvalue weighted by molar-refractivity contribution is -0.192. The molecule has 0 unspecified atom stereocenters. The Hall–Kier alpha value is -2.59. The molecule has 2 aromatic rings. The van der Waals surface area contributed by atoms with Crippen molar-refractivity contribution in [3.63, 3.8) is 0 Å². The Morgan fingerprint density at radius 3 is 2.23 bits per heavy atom. The van der Waals surface area contributed by atoms with E-state index in [1.165, 1.54) is 10.4 Å². The molecule has 1 aromatic carbocycles. The summed E-state index contributed by atoms with van der Waals surface area (Å²) in [5, 5.41) is 20.9. The fraction of sp³-hybridized carbons (Fsp3) is 0.400. The average molecular weight is 447 g/mol. The van der Waals surface area contributed by atoms with Crippen molar-refractivity contribution in [1.29, 1.82) is 0 Å². The third-order valence-electron chi connectivity index (χ3n) is 3.70. The van der Waals surface area contributed by atoms with Crippen molar-refractivity contribution in [2.75, 3.05) is 19.7 Å². The van der Waals surface area contributed by atoms with Gasteiger partial charge in [-0.05, 0) is 48.5 Å². The Morgan fingerprint density at radius 2 is 1.70 bits per heavy atom. The number of halogens is 3. The van der Waals surface area contributed by atoms with Crippen LogP contribution in [0.4, 0.5) is 13.2 Å². The van der Waals surface area contributed by atoms with Gasteiger partial charge in [0.25, 0.3) is 0 Å². The van der Waals surface area contributed by atoms with E-state index in [1.54, 1.807) is 11.3 Å². The Bertz CT molecular complexity index is 749. The number of aliphatic carboxylic acids is 2. The fourth-order valence-corrected chi connectivity index (χ4v) is 2.90. The standard InChI is InChI=1S/C18H23NO3S.C2HF3O2/c20-18(21)9-12-19-11-1-3-15-5-7-16(8-6-15)22-13-10-17-4-2-14-23-17;3-2(4,5)1(6)7/h2,4-8,14,19H,1,3,9-13H2,(H,20,21);(H,6,7). The molecule has 30 heavy (non-hydrogen) atoms. The molecule has 0 spiro atoms. The number of alkyl halides is 3. The van der Waals surface area contributed by atoms with Crippen LogP contribution in [0.5, 0.6) is 5.75 Å². The zero-order chi connectivity index (χ0) is 22.4. The van der Waals surface area contributed by atoms with Gasteiger partial charge in [-0.1, -0.05) is 18.2 Å². The molecule has 10 heteroatoms. The molecule has 0 aliphatic heterocycles. The Kier molecular flexibility index (Phi) is 11.5. The van der Waals surface area contributed by atoms with Crippen LogP contribution < -0.4 is 10.1 Å². The van der Waals surface area contributed by atoms with Crippen molar-refractivity contribution in [2.45, 2.75) is 31.9 Å². The van der Waals surface area contributed by atoms with Gasteiger partial charge < -0.3 is 20.3 Å². The first-order valence-corrected chi connectivity index (χ1v) is 10.0. The number of hydrogen-bond acceptors (Lipinski definition) is 5. The summed E-state index contributed by atoms with van der Waals surface area (Å²) in [6.45, 7) is 2.08. The molecule has 3 N–H and O–H groups in total. The number of carbonyl (C=O) groups is 2. The predicted octanol–water partition coefficient (Wildman–Crippen LogP) is 4.00. The number of carboxylic acid groups (broad SMARTS) is 2. The van der Waals surface area contributed by atoms with Crippen molar-refractivity contribution >= 4 is 23.3 Å². The second-order valence-corrected chi connectivity index (χ2v) is 7.15. The minimum Gasteiger partial charge on any atom is -0.493 e. The lowest BCUT2D eigenvalue weighted by atomic mass is 10.1. The fourth-order valence-electron chi connectivity index (χ4n) is 2.21. The van der Waals surface area contributed by atoms with Crippen molar-refractivity contribution in [3.8, 4) is 5.75 Å². The summed E-state index contributed by atoms with van der Waals surface area (Å²) in [5.74, 6) is -2.61. The van der Waals surface area contributed by atoms with Crippen molar-refractivity contribution in [2.24, 2.45) is 0 Å². The van der Waals surface area contributed by atoms with Gasteiger partial charge in [-0.3, -0.25) is 4.79 Å². The molecule has 0 radical (unpaired) electrons. The summed E-state index contributed by atoms with van der Waals surface area (Å²) in [7, 11) is 0. The molecule has 0 bridgehead atoms. The molecule has 166 valence electrons. The largest absolute Gasteiger partial charge is 0.493 e. The molecule has 0 fully saturated rings. The van der Waals surface area contributed by atoms with E-state index in [4.69, 9.17) is 19.7 Å². The van der Waals surface area contributed by atoms with Gasteiger partial charge in [-0.15, -0.1) is 11.3 Å². The highest BCUT2D eigenvalue weighted by Crippen LogP contribution is 2.15. The van der Waals surface area contributed by atoms with Crippen LogP contribution in [0, 0.1) is 0 Å². The van der Waals surface area contributed by atoms with Crippen molar-refractivity contribution in [3.05, 3.63) is 52.2 Å². The van der Waals surface area contributed by atoms with Crippen LogP contribution in [0.2, 0.25) is 0 Å². The van der Waals surface area contributed by atoms with E-state index >= 15 is 0 Å². The highest BCUT2D eigenvalue weighted by Gasteiger charge is 2.38. The summed E-state index contributed by atoms with van der Waals surface area (Å²) in [5.41, 5.74) is 1.27. The smallest absolute Gasteiger partial charge is 0.490 e. The third-order valence-corrected chi connectivity index (χ3v) is 4.63. The van der Waals surface area contributed by atoms with Crippen LogP contribution >= 0.6 is 11.3 Å². The molecule has 0 aliphatic carbocycles. The van der Waals surface area contributed by atoms with E-state index < -0.39 is 18.1 Å². The van der Waals surface area contributed by atoms with Crippen LogP contribution in [0.3, 0.4) is 0 Å². The Labute approximate surface area is 176 Å².